The number of aromatic nitrogens is 3. The molecule has 0 saturated carbocycles. The average Bonchev–Trinajstić information content (AvgIpc) is 3.07. The number of anilines is 1. The molecule has 3 aliphatic heterocycles. The molecule has 2 aromatic rings. The molecule has 3 fully saturated rings. The zero-order chi connectivity index (χ0) is 19.1. The summed E-state index contributed by atoms with van der Waals surface area (Å²) in [4.78, 5) is 20.2. The lowest BCUT2D eigenvalue weighted by Gasteiger charge is -2.29. The number of carbonyl (C=O) groups excluding carboxylic acids is 1. The molecule has 150 valence electrons. The molecule has 0 radical (unpaired) electrons. The third-order valence-corrected chi connectivity index (χ3v) is 6.63. The third kappa shape index (κ3) is 3.36. The summed E-state index contributed by atoms with van der Waals surface area (Å²) in [6, 6.07) is 5.44. The Balaban J connectivity index is 1.37. The topological polar surface area (TPSA) is 75.1 Å². The third-order valence-electron chi connectivity index (χ3n) is 6.63. The molecule has 2 aromatic heterocycles. The van der Waals surface area contributed by atoms with Gasteiger partial charge in [-0.3, -0.25) is 4.79 Å². The maximum absolute atomic E-state index is 13.0. The SMILES string of the molecule is Cn1nc(C(=O)NC2C[C@H]3CC[C@@H](C2)N3)c2ccc(N3CCCCCC3)nc21. The molecule has 7 heteroatoms. The van der Waals surface area contributed by atoms with E-state index in [-0.39, 0.29) is 11.9 Å². The van der Waals surface area contributed by atoms with Gasteiger partial charge in [0.05, 0.1) is 5.39 Å². The van der Waals surface area contributed by atoms with Crippen molar-refractivity contribution >= 4 is 22.8 Å². The van der Waals surface area contributed by atoms with Crippen molar-refractivity contribution in [1.29, 1.82) is 0 Å². The average molecular weight is 383 g/mol. The molecule has 5 heterocycles. The standard InChI is InChI=1S/C21H30N6O/c1-26-20-17(8-9-18(24-20)27-10-4-2-3-5-11-27)19(25-26)21(28)23-16-12-14-6-7-15(13-16)22-14/h8-9,14-16,22H,2-7,10-13H2,1H3,(H,23,28)/t14-,15+,16?. The Kier molecular flexibility index (Phi) is 4.70. The molecule has 0 spiro atoms. The van der Waals surface area contributed by atoms with Gasteiger partial charge in [0.2, 0.25) is 0 Å². The summed E-state index contributed by atoms with van der Waals surface area (Å²) in [5.74, 6) is 0.931. The number of hydrogen-bond acceptors (Lipinski definition) is 5. The molecule has 2 N–H and O–H groups in total. The number of hydrogen-bond donors (Lipinski definition) is 2. The van der Waals surface area contributed by atoms with Gasteiger partial charge in [0.15, 0.2) is 11.3 Å². The van der Waals surface area contributed by atoms with Crippen LogP contribution in [-0.2, 0) is 7.05 Å². The van der Waals surface area contributed by atoms with E-state index in [0.717, 1.165) is 42.8 Å². The fourth-order valence-electron chi connectivity index (χ4n) is 5.19. The van der Waals surface area contributed by atoms with Crippen LogP contribution in [0, 0.1) is 0 Å². The fourth-order valence-corrected chi connectivity index (χ4v) is 5.19. The van der Waals surface area contributed by atoms with Crippen LogP contribution in [0.25, 0.3) is 11.0 Å². The Morgan fingerprint density at radius 3 is 2.54 bits per heavy atom. The van der Waals surface area contributed by atoms with Crippen LogP contribution in [-0.4, -0.2) is 51.9 Å². The zero-order valence-corrected chi connectivity index (χ0v) is 16.7. The van der Waals surface area contributed by atoms with Gasteiger partial charge < -0.3 is 15.5 Å². The maximum atomic E-state index is 13.0. The largest absolute Gasteiger partial charge is 0.357 e. The van der Waals surface area contributed by atoms with Crippen LogP contribution in [0.1, 0.15) is 61.9 Å². The Hall–Kier alpha value is -2.15. The monoisotopic (exact) mass is 382 g/mol. The molecule has 0 aliphatic carbocycles. The van der Waals surface area contributed by atoms with Crippen LogP contribution < -0.4 is 15.5 Å². The fraction of sp³-hybridized carbons (Fsp3) is 0.667. The molecular weight excluding hydrogens is 352 g/mol. The lowest BCUT2D eigenvalue weighted by molar-refractivity contribution is 0.0919. The van der Waals surface area contributed by atoms with Crippen molar-refractivity contribution in [2.75, 3.05) is 18.0 Å². The summed E-state index contributed by atoms with van der Waals surface area (Å²) >= 11 is 0. The van der Waals surface area contributed by atoms with Crippen molar-refractivity contribution in [3.8, 4) is 0 Å². The smallest absolute Gasteiger partial charge is 0.272 e. The number of rotatable bonds is 3. The quantitative estimate of drug-likeness (QED) is 0.852. The van der Waals surface area contributed by atoms with Gasteiger partial charge in [-0.1, -0.05) is 12.8 Å². The van der Waals surface area contributed by atoms with E-state index in [1.807, 2.05) is 13.1 Å². The van der Waals surface area contributed by atoms with Gasteiger partial charge in [-0.2, -0.15) is 5.10 Å². The van der Waals surface area contributed by atoms with Gasteiger partial charge >= 0.3 is 0 Å². The van der Waals surface area contributed by atoms with Crippen LogP contribution in [0.3, 0.4) is 0 Å². The number of fused-ring (bicyclic) bond motifs is 3. The number of amides is 1. The van der Waals surface area contributed by atoms with Crippen LogP contribution >= 0.6 is 0 Å². The molecule has 1 amide bonds. The van der Waals surface area contributed by atoms with Crippen LogP contribution in [0.15, 0.2) is 12.1 Å². The minimum atomic E-state index is -0.0683. The van der Waals surface area contributed by atoms with E-state index < -0.39 is 0 Å². The van der Waals surface area contributed by atoms with Crippen molar-refractivity contribution in [3.63, 3.8) is 0 Å². The van der Waals surface area contributed by atoms with E-state index >= 15 is 0 Å². The normalized spacial score (nSPS) is 27.8. The Morgan fingerprint density at radius 2 is 1.82 bits per heavy atom. The first kappa shape index (κ1) is 17.9. The molecule has 2 bridgehead atoms. The van der Waals surface area contributed by atoms with Crippen LogP contribution in [0.5, 0.6) is 0 Å². The second-order valence-electron chi connectivity index (χ2n) is 8.69. The Bertz CT molecular complexity index is 857. The van der Waals surface area contributed by atoms with E-state index in [4.69, 9.17) is 4.98 Å². The molecular formula is C21H30N6O. The predicted molar refractivity (Wildman–Crippen MR) is 110 cm³/mol. The van der Waals surface area contributed by atoms with Gasteiger partial charge in [-0.15, -0.1) is 0 Å². The first-order valence-electron chi connectivity index (χ1n) is 10.8. The number of carbonyl (C=O) groups is 1. The lowest BCUT2D eigenvalue weighted by atomic mass is 9.99. The number of nitrogens with one attached hydrogen (secondary N) is 2. The molecule has 3 saturated heterocycles. The molecule has 3 aliphatic rings. The minimum absolute atomic E-state index is 0.0683. The second kappa shape index (κ2) is 7.35. The zero-order valence-electron chi connectivity index (χ0n) is 16.7. The predicted octanol–water partition coefficient (Wildman–Crippen LogP) is 2.36. The molecule has 1 unspecified atom stereocenters. The highest BCUT2D eigenvalue weighted by molar-refractivity contribution is 6.04. The lowest BCUT2D eigenvalue weighted by Crippen LogP contribution is -2.48. The van der Waals surface area contributed by atoms with Gasteiger partial charge in [0.1, 0.15) is 5.82 Å². The summed E-state index contributed by atoms with van der Waals surface area (Å²) in [6.07, 6.45) is 9.53. The van der Waals surface area contributed by atoms with Crippen LogP contribution in [0.4, 0.5) is 5.82 Å². The van der Waals surface area contributed by atoms with E-state index in [1.54, 1.807) is 4.68 Å². The number of nitrogens with zero attached hydrogens (tertiary/aromatic N) is 4. The number of piperidine rings is 1. The first-order chi connectivity index (χ1) is 13.7. The van der Waals surface area contributed by atoms with E-state index in [0.29, 0.717) is 17.8 Å². The highest BCUT2D eigenvalue weighted by Gasteiger charge is 2.34. The molecule has 28 heavy (non-hydrogen) atoms. The van der Waals surface area contributed by atoms with Gasteiger partial charge in [0, 0.05) is 38.3 Å². The summed E-state index contributed by atoms with van der Waals surface area (Å²) < 4.78 is 1.75. The molecule has 7 nitrogen and oxygen atoms in total. The Morgan fingerprint density at radius 1 is 1.11 bits per heavy atom. The maximum Gasteiger partial charge on any atom is 0.272 e. The van der Waals surface area contributed by atoms with E-state index in [1.165, 1.54) is 38.5 Å². The summed E-state index contributed by atoms with van der Waals surface area (Å²) in [5, 5.41) is 12.2. The summed E-state index contributed by atoms with van der Waals surface area (Å²) in [7, 11) is 1.88. The molecule has 0 aromatic carbocycles. The van der Waals surface area contributed by atoms with Crippen molar-refractivity contribution < 1.29 is 4.79 Å². The Labute approximate surface area is 165 Å². The van der Waals surface area contributed by atoms with Crippen molar-refractivity contribution in [2.45, 2.75) is 69.5 Å². The van der Waals surface area contributed by atoms with E-state index in [9.17, 15) is 4.79 Å². The molecule has 3 atom stereocenters. The highest BCUT2D eigenvalue weighted by atomic mass is 16.2. The van der Waals surface area contributed by atoms with E-state index in [2.05, 4.69) is 26.7 Å². The number of pyridine rings is 1. The molecule has 5 rings (SSSR count). The van der Waals surface area contributed by atoms with Crippen molar-refractivity contribution in [3.05, 3.63) is 17.8 Å². The highest BCUT2D eigenvalue weighted by Crippen LogP contribution is 2.28. The first-order valence-corrected chi connectivity index (χ1v) is 10.8. The number of aryl methyl sites for hydroxylation is 1. The van der Waals surface area contributed by atoms with Crippen molar-refractivity contribution in [1.82, 2.24) is 25.4 Å². The minimum Gasteiger partial charge on any atom is -0.357 e. The van der Waals surface area contributed by atoms with Gasteiger partial charge in [0.25, 0.3) is 5.91 Å². The van der Waals surface area contributed by atoms with Crippen molar-refractivity contribution in [2.24, 2.45) is 7.05 Å². The van der Waals surface area contributed by atoms with Gasteiger partial charge in [-0.05, 0) is 50.7 Å². The summed E-state index contributed by atoms with van der Waals surface area (Å²) in [5.41, 5.74) is 1.29. The van der Waals surface area contributed by atoms with Crippen LogP contribution in [0.2, 0.25) is 0 Å². The second-order valence-corrected chi connectivity index (χ2v) is 8.69. The summed E-state index contributed by atoms with van der Waals surface area (Å²) in [6.45, 7) is 2.11. The van der Waals surface area contributed by atoms with Gasteiger partial charge in [-0.25, -0.2) is 9.67 Å².